The highest BCUT2D eigenvalue weighted by molar-refractivity contribution is 5.93. The Balaban J connectivity index is 1.65. The average molecular weight is 411 g/mol. The molecule has 8 nitrogen and oxygen atoms in total. The molecule has 0 atom stereocenters. The first kappa shape index (κ1) is 19.4. The van der Waals surface area contributed by atoms with Gasteiger partial charge in [0.15, 0.2) is 17.2 Å². The standard InChI is InChI=1S/C21H18FN3O5/c1-2-28-21(27)20-16(23-11-13-3-8-17-18(9-13)30-12-29-17)10-19(26)25(24-20)15-6-4-14(22)5-7-15/h3-10,23H,2,11-12H2,1H3. The van der Waals surface area contributed by atoms with Gasteiger partial charge in [0, 0.05) is 12.6 Å². The molecular weight excluding hydrogens is 393 g/mol. The fourth-order valence-corrected chi connectivity index (χ4v) is 2.96. The van der Waals surface area contributed by atoms with E-state index < -0.39 is 17.3 Å². The van der Waals surface area contributed by atoms with Crippen LogP contribution in [0.25, 0.3) is 5.69 Å². The van der Waals surface area contributed by atoms with Gasteiger partial charge < -0.3 is 19.5 Å². The number of halogens is 1. The van der Waals surface area contributed by atoms with E-state index in [0.717, 1.165) is 10.2 Å². The van der Waals surface area contributed by atoms with Crippen LogP contribution in [0, 0.1) is 5.82 Å². The van der Waals surface area contributed by atoms with Gasteiger partial charge in [-0.05, 0) is 48.9 Å². The second kappa shape index (κ2) is 8.24. The fraction of sp³-hybridized carbons (Fsp3) is 0.190. The molecular formula is C21H18FN3O5. The molecule has 9 heteroatoms. The Kier molecular flexibility index (Phi) is 5.34. The predicted octanol–water partition coefficient (Wildman–Crippen LogP) is 2.89. The van der Waals surface area contributed by atoms with E-state index in [4.69, 9.17) is 14.2 Å². The van der Waals surface area contributed by atoms with Crippen LogP contribution in [0.1, 0.15) is 23.0 Å². The van der Waals surface area contributed by atoms with E-state index in [1.54, 1.807) is 13.0 Å². The quantitative estimate of drug-likeness (QED) is 0.624. The van der Waals surface area contributed by atoms with Crippen LogP contribution in [0.15, 0.2) is 53.3 Å². The molecule has 2 heterocycles. The lowest BCUT2D eigenvalue weighted by Crippen LogP contribution is -2.26. The summed E-state index contributed by atoms with van der Waals surface area (Å²) in [7, 11) is 0. The zero-order valence-electron chi connectivity index (χ0n) is 16.1. The van der Waals surface area contributed by atoms with Gasteiger partial charge in [0.2, 0.25) is 6.79 Å². The highest BCUT2D eigenvalue weighted by Crippen LogP contribution is 2.32. The molecule has 1 N–H and O–H groups in total. The third-order valence-corrected chi connectivity index (χ3v) is 4.39. The molecule has 0 amide bonds. The smallest absolute Gasteiger partial charge is 0.360 e. The van der Waals surface area contributed by atoms with Gasteiger partial charge in [-0.1, -0.05) is 6.07 Å². The third kappa shape index (κ3) is 3.95. The molecule has 154 valence electrons. The van der Waals surface area contributed by atoms with Gasteiger partial charge in [0.25, 0.3) is 5.56 Å². The van der Waals surface area contributed by atoms with Crippen LogP contribution < -0.4 is 20.3 Å². The first-order chi connectivity index (χ1) is 14.5. The van der Waals surface area contributed by atoms with E-state index >= 15 is 0 Å². The van der Waals surface area contributed by atoms with Gasteiger partial charge >= 0.3 is 5.97 Å². The van der Waals surface area contributed by atoms with Crippen LogP contribution in [-0.4, -0.2) is 29.1 Å². The van der Waals surface area contributed by atoms with Crippen molar-refractivity contribution in [3.8, 4) is 17.2 Å². The number of carbonyl (C=O) groups is 1. The van der Waals surface area contributed by atoms with Crippen LogP contribution in [0.2, 0.25) is 0 Å². The van der Waals surface area contributed by atoms with Crippen LogP contribution >= 0.6 is 0 Å². The highest BCUT2D eigenvalue weighted by Gasteiger charge is 2.19. The largest absolute Gasteiger partial charge is 0.461 e. The maximum absolute atomic E-state index is 13.2. The van der Waals surface area contributed by atoms with E-state index in [1.165, 1.54) is 30.3 Å². The summed E-state index contributed by atoms with van der Waals surface area (Å²) in [5.41, 5.74) is 0.880. The van der Waals surface area contributed by atoms with E-state index in [1.807, 2.05) is 12.1 Å². The van der Waals surface area contributed by atoms with Crippen LogP contribution in [0.3, 0.4) is 0 Å². The number of rotatable bonds is 6. The number of hydrogen-bond acceptors (Lipinski definition) is 7. The van der Waals surface area contributed by atoms with Crippen molar-refractivity contribution in [2.75, 3.05) is 18.7 Å². The Bertz CT molecular complexity index is 1140. The first-order valence-corrected chi connectivity index (χ1v) is 9.25. The molecule has 2 aromatic carbocycles. The van der Waals surface area contributed by atoms with Crippen molar-refractivity contribution in [1.82, 2.24) is 9.78 Å². The molecule has 0 bridgehead atoms. The molecule has 30 heavy (non-hydrogen) atoms. The Morgan fingerprint density at radius 2 is 1.93 bits per heavy atom. The topological polar surface area (TPSA) is 91.7 Å². The first-order valence-electron chi connectivity index (χ1n) is 9.25. The number of nitrogens with zero attached hydrogens (tertiary/aromatic N) is 2. The van der Waals surface area contributed by atoms with Crippen LogP contribution in [0.4, 0.5) is 10.1 Å². The second-order valence-electron chi connectivity index (χ2n) is 6.39. The van der Waals surface area contributed by atoms with Gasteiger partial charge in [-0.25, -0.2) is 9.18 Å². The van der Waals surface area contributed by atoms with Gasteiger partial charge in [0.1, 0.15) is 5.82 Å². The number of aromatic nitrogens is 2. The summed E-state index contributed by atoms with van der Waals surface area (Å²) in [5.74, 6) is 0.167. The SMILES string of the molecule is CCOC(=O)c1nn(-c2ccc(F)cc2)c(=O)cc1NCc1ccc2c(c1)OCO2. The van der Waals surface area contributed by atoms with Crippen LogP contribution in [0.5, 0.6) is 11.5 Å². The van der Waals surface area contributed by atoms with Gasteiger partial charge in [0.05, 0.1) is 18.0 Å². The normalized spacial score (nSPS) is 11.9. The molecule has 1 aromatic heterocycles. The maximum Gasteiger partial charge on any atom is 0.360 e. The second-order valence-corrected chi connectivity index (χ2v) is 6.39. The fourth-order valence-electron chi connectivity index (χ4n) is 2.96. The molecule has 0 saturated carbocycles. The Morgan fingerprint density at radius 3 is 2.70 bits per heavy atom. The lowest BCUT2D eigenvalue weighted by molar-refractivity contribution is 0.0518. The van der Waals surface area contributed by atoms with Gasteiger partial charge in [-0.3, -0.25) is 4.79 Å². The van der Waals surface area contributed by atoms with Gasteiger partial charge in [-0.2, -0.15) is 9.78 Å². The van der Waals surface area contributed by atoms with Crippen molar-refractivity contribution >= 4 is 11.7 Å². The number of carbonyl (C=O) groups excluding carboxylic acids is 1. The number of nitrogens with one attached hydrogen (secondary N) is 1. The lowest BCUT2D eigenvalue weighted by atomic mass is 10.2. The number of esters is 1. The predicted molar refractivity (Wildman–Crippen MR) is 106 cm³/mol. The molecule has 4 rings (SSSR count). The minimum absolute atomic E-state index is 0.0541. The summed E-state index contributed by atoms with van der Waals surface area (Å²) in [6, 6.07) is 11.9. The molecule has 0 unspecified atom stereocenters. The third-order valence-electron chi connectivity index (χ3n) is 4.39. The zero-order chi connectivity index (χ0) is 21.1. The number of benzene rings is 2. The maximum atomic E-state index is 13.2. The Hall–Kier alpha value is -3.88. The molecule has 1 aliphatic rings. The highest BCUT2D eigenvalue weighted by atomic mass is 19.1. The molecule has 3 aromatic rings. The number of fused-ring (bicyclic) bond motifs is 1. The minimum Gasteiger partial charge on any atom is -0.461 e. The summed E-state index contributed by atoms with van der Waals surface area (Å²) in [6.45, 7) is 2.31. The average Bonchev–Trinajstić information content (AvgIpc) is 3.21. The molecule has 0 fully saturated rings. The number of ether oxygens (including phenoxy) is 3. The summed E-state index contributed by atoms with van der Waals surface area (Å²) in [5, 5.41) is 7.22. The van der Waals surface area contributed by atoms with E-state index in [9.17, 15) is 14.0 Å². The van der Waals surface area contributed by atoms with Crippen molar-refractivity contribution in [3.63, 3.8) is 0 Å². The van der Waals surface area contributed by atoms with E-state index in [0.29, 0.717) is 23.7 Å². The van der Waals surface area contributed by atoms with Crippen molar-refractivity contribution in [2.24, 2.45) is 0 Å². The molecule has 0 saturated heterocycles. The van der Waals surface area contributed by atoms with Crippen molar-refractivity contribution in [3.05, 3.63) is 76.0 Å². The van der Waals surface area contributed by atoms with Crippen molar-refractivity contribution in [2.45, 2.75) is 13.5 Å². The molecule has 0 spiro atoms. The zero-order valence-corrected chi connectivity index (χ0v) is 16.1. The monoisotopic (exact) mass is 411 g/mol. The van der Waals surface area contributed by atoms with E-state index in [2.05, 4.69) is 10.4 Å². The van der Waals surface area contributed by atoms with Crippen molar-refractivity contribution < 1.29 is 23.4 Å². The molecule has 0 radical (unpaired) electrons. The minimum atomic E-state index is -0.679. The summed E-state index contributed by atoms with van der Waals surface area (Å²) >= 11 is 0. The molecule has 1 aliphatic heterocycles. The summed E-state index contributed by atoms with van der Waals surface area (Å²) in [4.78, 5) is 25.0. The molecule has 0 aliphatic carbocycles. The lowest BCUT2D eigenvalue weighted by Gasteiger charge is -2.13. The van der Waals surface area contributed by atoms with Crippen LogP contribution in [-0.2, 0) is 11.3 Å². The van der Waals surface area contributed by atoms with E-state index in [-0.39, 0.29) is 24.8 Å². The summed E-state index contributed by atoms with van der Waals surface area (Å²) < 4.78 is 30.0. The van der Waals surface area contributed by atoms with Gasteiger partial charge in [-0.15, -0.1) is 0 Å². The summed E-state index contributed by atoms with van der Waals surface area (Å²) in [6.07, 6.45) is 0. The number of hydrogen-bond donors (Lipinski definition) is 1. The Morgan fingerprint density at radius 1 is 1.17 bits per heavy atom. The Labute approximate surface area is 170 Å². The van der Waals surface area contributed by atoms with Crippen molar-refractivity contribution in [1.29, 1.82) is 0 Å². The number of anilines is 1.